The minimum Gasteiger partial charge on any atom is -0.460 e. The van der Waals surface area contributed by atoms with Crippen LogP contribution in [0, 0.1) is 5.92 Å². The molecule has 0 amide bonds. The zero-order valence-electron chi connectivity index (χ0n) is 10.5. The third kappa shape index (κ3) is 3.82. The SMILES string of the molecule is C[C@@H]1CC[C@@H](C(=O)OC(C)(C)C)[C@@H](C)N1. The molecule has 1 aliphatic heterocycles. The number of carbonyl (C=O) groups is 1. The van der Waals surface area contributed by atoms with E-state index in [2.05, 4.69) is 19.2 Å². The van der Waals surface area contributed by atoms with Crippen molar-refractivity contribution in [3.05, 3.63) is 0 Å². The number of nitrogens with one attached hydrogen (secondary N) is 1. The molecule has 1 rings (SSSR count). The van der Waals surface area contributed by atoms with Gasteiger partial charge in [0.25, 0.3) is 0 Å². The molecule has 1 fully saturated rings. The summed E-state index contributed by atoms with van der Waals surface area (Å²) >= 11 is 0. The van der Waals surface area contributed by atoms with Crippen molar-refractivity contribution in [3.63, 3.8) is 0 Å². The summed E-state index contributed by atoms with van der Waals surface area (Å²) in [5.41, 5.74) is -0.375. The lowest BCUT2D eigenvalue weighted by molar-refractivity contribution is -0.162. The van der Waals surface area contributed by atoms with Crippen molar-refractivity contribution in [2.24, 2.45) is 5.92 Å². The third-order valence-corrected chi connectivity index (χ3v) is 2.77. The molecule has 15 heavy (non-hydrogen) atoms. The molecule has 1 N–H and O–H groups in total. The smallest absolute Gasteiger partial charge is 0.311 e. The Morgan fingerprint density at radius 3 is 2.33 bits per heavy atom. The topological polar surface area (TPSA) is 38.3 Å². The molecule has 88 valence electrons. The maximum absolute atomic E-state index is 11.9. The molecule has 3 atom stereocenters. The highest BCUT2D eigenvalue weighted by Crippen LogP contribution is 2.23. The average Bonchev–Trinajstić information content (AvgIpc) is 1.99. The Labute approximate surface area is 92.6 Å². The van der Waals surface area contributed by atoms with Crippen LogP contribution in [0.4, 0.5) is 0 Å². The standard InChI is InChI=1S/C12H23NO2/c1-8-6-7-10(9(2)13-8)11(14)15-12(3,4)5/h8-10,13H,6-7H2,1-5H3/t8-,9-,10-/m1/s1. The Kier molecular flexibility index (Phi) is 3.77. The molecule has 0 spiro atoms. The first-order valence-electron chi connectivity index (χ1n) is 5.78. The van der Waals surface area contributed by atoms with Crippen molar-refractivity contribution < 1.29 is 9.53 Å². The minimum atomic E-state index is -0.375. The van der Waals surface area contributed by atoms with Gasteiger partial charge in [0.1, 0.15) is 5.60 Å². The molecule has 0 aliphatic carbocycles. The van der Waals surface area contributed by atoms with Crippen LogP contribution in [0.25, 0.3) is 0 Å². The molecule has 0 radical (unpaired) electrons. The van der Waals surface area contributed by atoms with Gasteiger partial charge in [-0.15, -0.1) is 0 Å². The Balaban J connectivity index is 2.53. The van der Waals surface area contributed by atoms with Gasteiger partial charge in [-0.25, -0.2) is 0 Å². The van der Waals surface area contributed by atoms with Gasteiger partial charge in [0, 0.05) is 12.1 Å². The van der Waals surface area contributed by atoms with Crippen molar-refractivity contribution in [2.45, 2.75) is 65.1 Å². The van der Waals surface area contributed by atoms with E-state index in [1.54, 1.807) is 0 Å². The van der Waals surface area contributed by atoms with Gasteiger partial charge in [-0.05, 0) is 47.5 Å². The summed E-state index contributed by atoms with van der Waals surface area (Å²) < 4.78 is 5.40. The first kappa shape index (κ1) is 12.5. The van der Waals surface area contributed by atoms with Crippen molar-refractivity contribution in [2.75, 3.05) is 0 Å². The number of carbonyl (C=O) groups excluding carboxylic acids is 1. The largest absolute Gasteiger partial charge is 0.460 e. The fourth-order valence-corrected chi connectivity index (χ4v) is 2.03. The molecule has 0 aromatic carbocycles. The van der Waals surface area contributed by atoms with Crippen molar-refractivity contribution >= 4 is 5.97 Å². The fraction of sp³-hybridized carbons (Fsp3) is 0.917. The summed E-state index contributed by atoms with van der Waals surface area (Å²) in [7, 11) is 0. The highest BCUT2D eigenvalue weighted by Gasteiger charge is 2.33. The van der Waals surface area contributed by atoms with Crippen LogP contribution >= 0.6 is 0 Å². The monoisotopic (exact) mass is 213 g/mol. The van der Waals surface area contributed by atoms with E-state index in [0.717, 1.165) is 12.8 Å². The lowest BCUT2D eigenvalue weighted by atomic mass is 9.89. The quantitative estimate of drug-likeness (QED) is 0.678. The summed E-state index contributed by atoms with van der Waals surface area (Å²) in [6.07, 6.45) is 1.98. The molecule has 0 bridgehead atoms. The first-order valence-corrected chi connectivity index (χ1v) is 5.78. The van der Waals surface area contributed by atoms with E-state index in [4.69, 9.17) is 4.74 Å². The van der Waals surface area contributed by atoms with Crippen LogP contribution in [0.1, 0.15) is 47.5 Å². The molecule has 1 saturated heterocycles. The van der Waals surface area contributed by atoms with Crippen LogP contribution in [-0.4, -0.2) is 23.7 Å². The average molecular weight is 213 g/mol. The van der Waals surface area contributed by atoms with Gasteiger partial charge in [0.05, 0.1) is 5.92 Å². The Morgan fingerprint density at radius 1 is 1.27 bits per heavy atom. The van der Waals surface area contributed by atoms with E-state index in [-0.39, 0.29) is 23.5 Å². The van der Waals surface area contributed by atoms with E-state index in [1.807, 2.05) is 20.8 Å². The Morgan fingerprint density at radius 2 is 1.87 bits per heavy atom. The molecule has 0 aromatic rings. The van der Waals surface area contributed by atoms with Crippen molar-refractivity contribution in [3.8, 4) is 0 Å². The second kappa shape index (κ2) is 4.52. The highest BCUT2D eigenvalue weighted by atomic mass is 16.6. The number of hydrogen-bond acceptors (Lipinski definition) is 3. The number of rotatable bonds is 1. The van der Waals surface area contributed by atoms with Crippen LogP contribution in [0.15, 0.2) is 0 Å². The molecule has 1 heterocycles. The zero-order valence-corrected chi connectivity index (χ0v) is 10.5. The van der Waals surface area contributed by atoms with E-state index < -0.39 is 0 Å². The van der Waals surface area contributed by atoms with Gasteiger partial charge in [-0.2, -0.15) is 0 Å². The second-order valence-electron chi connectivity index (χ2n) is 5.57. The molecular formula is C12H23NO2. The van der Waals surface area contributed by atoms with Crippen molar-refractivity contribution in [1.29, 1.82) is 0 Å². The minimum absolute atomic E-state index is 0.0143. The molecule has 3 heteroatoms. The summed E-state index contributed by atoms with van der Waals surface area (Å²) in [6.45, 7) is 9.95. The second-order valence-corrected chi connectivity index (χ2v) is 5.57. The Bertz CT molecular complexity index is 232. The molecule has 1 aliphatic rings. The van der Waals surface area contributed by atoms with E-state index >= 15 is 0 Å². The van der Waals surface area contributed by atoms with Crippen LogP contribution in [0.3, 0.4) is 0 Å². The maximum atomic E-state index is 11.9. The summed E-state index contributed by atoms with van der Waals surface area (Å²) in [5.74, 6) is -0.0465. The number of ether oxygens (including phenoxy) is 1. The molecule has 0 saturated carbocycles. The summed E-state index contributed by atoms with van der Waals surface area (Å²) in [5, 5.41) is 3.40. The van der Waals surface area contributed by atoms with Crippen molar-refractivity contribution in [1.82, 2.24) is 5.32 Å². The lowest BCUT2D eigenvalue weighted by Gasteiger charge is -2.34. The van der Waals surface area contributed by atoms with Crippen LogP contribution < -0.4 is 5.32 Å². The van der Waals surface area contributed by atoms with Gasteiger partial charge in [-0.3, -0.25) is 4.79 Å². The van der Waals surface area contributed by atoms with Crippen LogP contribution in [0.5, 0.6) is 0 Å². The van der Waals surface area contributed by atoms with Gasteiger partial charge in [0.2, 0.25) is 0 Å². The lowest BCUT2D eigenvalue weighted by Crippen LogP contribution is -2.48. The van der Waals surface area contributed by atoms with E-state index in [1.165, 1.54) is 0 Å². The summed E-state index contributed by atoms with van der Waals surface area (Å²) in [4.78, 5) is 11.9. The molecular weight excluding hydrogens is 190 g/mol. The fourth-order valence-electron chi connectivity index (χ4n) is 2.03. The molecule has 0 aromatic heterocycles. The van der Waals surface area contributed by atoms with Crippen LogP contribution in [-0.2, 0) is 9.53 Å². The van der Waals surface area contributed by atoms with Gasteiger partial charge < -0.3 is 10.1 Å². The van der Waals surface area contributed by atoms with E-state index in [9.17, 15) is 4.79 Å². The first-order chi connectivity index (χ1) is 6.79. The highest BCUT2D eigenvalue weighted by molar-refractivity contribution is 5.73. The zero-order chi connectivity index (χ0) is 11.6. The number of esters is 1. The predicted octanol–water partition coefficient (Wildman–Crippen LogP) is 2.10. The van der Waals surface area contributed by atoms with Gasteiger partial charge >= 0.3 is 5.97 Å². The van der Waals surface area contributed by atoms with Gasteiger partial charge in [0.15, 0.2) is 0 Å². The van der Waals surface area contributed by atoms with Crippen LogP contribution in [0.2, 0.25) is 0 Å². The van der Waals surface area contributed by atoms with Gasteiger partial charge in [-0.1, -0.05) is 0 Å². The third-order valence-electron chi connectivity index (χ3n) is 2.77. The van der Waals surface area contributed by atoms with E-state index in [0.29, 0.717) is 6.04 Å². The number of hydrogen-bond donors (Lipinski definition) is 1. The molecule has 0 unspecified atom stereocenters. The Hall–Kier alpha value is -0.570. The normalized spacial score (nSPS) is 32.5. The summed E-state index contributed by atoms with van der Waals surface area (Å²) in [6, 6.07) is 0.738. The number of piperidine rings is 1. The predicted molar refractivity (Wildman–Crippen MR) is 60.6 cm³/mol. The molecule has 3 nitrogen and oxygen atoms in total. The maximum Gasteiger partial charge on any atom is 0.311 e.